The maximum absolute atomic E-state index is 12.8. The minimum Gasteiger partial charge on any atom is -0.445 e. The van der Waals surface area contributed by atoms with E-state index in [1.165, 1.54) is 0 Å². The molecule has 2 unspecified atom stereocenters. The molecule has 3 aromatic carbocycles. The number of carbonyl (C=O) groups is 1. The molecule has 0 aliphatic carbocycles. The van der Waals surface area contributed by atoms with Crippen molar-refractivity contribution < 1.29 is 14.6 Å². The molecule has 1 fully saturated rings. The van der Waals surface area contributed by atoms with Gasteiger partial charge in [0, 0.05) is 0 Å². The van der Waals surface area contributed by atoms with E-state index in [4.69, 9.17) is 4.74 Å². The Hall–Kier alpha value is -2.63. The first-order valence-electron chi connectivity index (χ1n) is 9.98. The van der Waals surface area contributed by atoms with Crippen molar-refractivity contribution in [2.75, 3.05) is 6.54 Å². The van der Waals surface area contributed by atoms with Crippen LogP contribution in [0.4, 0.5) is 4.79 Å². The van der Waals surface area contributed by atoms with Gasteiger partial charge in [-0.2, -0.15) is 0 Å². The van der Waals surface area contributed by atoms with Crippen LogP contribution in [-0.4, -0.2) is 36.4 Å². The fourth-order valence-corrected chi connectivity index (χ4v) is 7.27. The van der Waals surface area contributed by atoms with Crippen molar-refractivity contribution in [3.05, 3.63) is 83.9 Å². The van der Waals surface area contributed by atoms with Gasteiger partial charge in [0.1, 0.15) is 12.2 Å². The normalized spacial score (nSPS) is 21.7. The number of nitrogens with zero attached hydrogens (tertiary/aromatic N) is 1. The van der Waals surface area contributed by atoms with Crippen LogP contribution in [0.5, 0.6) is 0 Å². The summed E-state index contributed by atoms with van der Waals surface area (Å²) in [5.74, 6) is 0. The zero-order chi connectivity index (χ0) is 20.6. The topological polar surface area (TPSA) is 49.8 Å². The Labute approximate surface area is 172 Å². The molecule has 2 atom stereocenters. The fraction of sp³-hybridized carbons (Fsp3) is 0.292. The monoisotopic (exact) mass is 405 g/mol. The largest absolute Gasteiger partial charge is 0.445 e. The van der Waals surface area contributed by atoms with Crippen molar-refractivity contribution in [3.8, 4) is 0 Å². The minimum atomic E-state index is -1.92. The number of likely N-dealkylation sites (tertiary alicyclic amines) is 1. The van der Waals surface area contributed by atoms with Crippen LogP contribution >= 0.6 is 0 Å². The van der Waals surface area contributed by atoms with E-state index in [0.29, 0.717) is 0 Å². The number of amides is 1. The number of ether oxygens (including phenoxy) is 1. The Morgan fingerprint density at radius 3 is 2.38 bits per heavy atom. The van der Waals surface area contributed by atoms with Gasteiger partial charge < -0.3 is 14.7 Å². The molecule has 1 N–H and O–H groups in total. The van der Waals surface area contributed by atoms with Gasteiger partial charge in [-0.25, -0.2) is 4.79 Å². The summed E-state index contributed by atoms with van der Waals surface area (Å²) in [7, 11) is -1.92. The summed E-state index contributed by atoms with van der Waals surface area (Å²) in [5, 5.41) is 13.9. The molecule has 1 saturated heterocycles. The van der Waals surface area contributed by atoms with Crippen LogP contribution in [0.1, 0.15) is 11.1 Å². The van der Waals surface area contributed by atoms with E-state index >= 15 is 0 Å². The Kier molecular flexibility index (Phi) is 4.96. The predicted molar refractivity (Wildman–Crippen MR) is 118 cm³/mol. The number of aliphatic hydroxyl groups is 1. The third-order valence-corrected chi connectivity index (χ3v) is 8.11. The molecular weight excluding hydrogens is 378 g/mol. The zero-order valence-electron chi connectivity index (χ0n) is 17.1. The highest BCUT2D eigenvalue weighted by Crippen LogP contribution is 2.44. The Bertz CT molecular complexity index is 1030. The maximum atomic E-state index is 12.8. The molecule has 0 bridgehead atoms. The molecule has 5 heteroatoms. The van der Waals surface area contributed by atoms with Gasteiger partial charge >= 0.3 is 6.09 Å². The summed E-state index contributed by atoms with van der Waals surface area (Å²) in [5.41, 5.74) is 0.547. The third-order valence-electron chi connectivity index (χ3n) is 5.68. The van der Waals surface area contributed by atoms with Gasteiger partial charge in [-0.05, 0) is 28.0 Å². The summed E-state index contributed by atoms with van der Waals surface area (Å²) >= 11 is 0. The van der Waals surface area contributed by atoms with Gasteiger partial charge in [0.05, 0.1) is 20.3 Å². The summed E-state index contributed by atoms with van der Waals surface area (Å²) < 4.78 is 5.55. The second-order valence-electron chi connectivity index (χ2n) is 8.92. The third kappa shape index (κ3) is 3.68. The van der Waals surface area contributed by atoms with Crippen molar-refractivity contribution in [1.82, 2.24) is 4.90 Å². The standard InChI is InChI=1S/C24H27NO3Si/c1-29(2,3)22-24(27,21-14-13-19-11-7-8-12-20(19)15-21)17-25(22)23(26)28-16-18-9-5-4-6-10-18/h4-15,22,27H,16-17H2,1-3H3. The molecule has 0 radical (unpaired) electrons. The maximum Gasteiger partial charge on any atom is 0.410 e. The van der Waals surface area contributed by atoms with Crippen LogP contribution in [0.15, 0.2) is 72.8 Å². The van der Waals surface area contributed by atoms with Gasteiger partial charge in [0.2, 0.25) is 0 Å². The van der Waals surface area contributed by atoms with Crippen LogP contribution in [0.25, 0.3) is 10.8 Å². The average Bonchev–Trinajstić information content (AvgIpc) is 2.69. The zero-order valence-corrected chi connectivity index (χ0v) is 18.1. The number of hydrogen-bond acceptors (Lipinski definition) is 3. The average molecular weight is 406 g/mol. The molecule has 0 aromatic heterocycles. The highest BCUT2D eigenvalue weighted by atomic mass is 28.3. The van der Waals surface area contributed by atoms with E-state index in [1.807, 2.05) is 54.6 Å². The van der Waals surface area contributed by atoms with Crippen molar-refractivity contribution in [2.24, 2.45) is 0 Å². The minimum absolute atomic E-state index is 0.237. The van der Waals surface area contributed by atoms with Crippen LogP contribution < -0.4 is 0 Å². The van der Waals surface area contributed by atoms with Crippen LogP contribution in [0.3, 0.4) is 0 Å². The molecule has 29 heavy (non-hydrogen) atoms. The lowest BCUT2D eigenvalue weighted by molar-refractivity contribution is -0.119. The Balaban J connectivity index is 1.57. The molecule has 3 aromatic rings. The Morgan fingerprint density at radius 1 is 1.03 bits per heavy atom. The number of rotatable bonds is 4. The lowest BCUT2D eigenvalue weighted by atomic mass is 9.84. The summed E-state index contributed by atoms with van der Waals surface area (Å²) in [4.78, 5) is 14.5. The SMILES string of the molecule is C[Si](C)(C)C1N(C(=O)OCc2ccccc2)CC1(O)c1ccc2ccccc2c1. The van der Waals surface area contributed by atoms with Crippen molar-refractivity contribution in [1.29, 1.82) is 0 Å². The van der Waals surface area contributed by atoms with Crippen LogP contribution in [-0.2, 0) is 16.9 Å². The van der Waals surface area contributed by atoms with E-state index in [-0.39, 0.29) is 24.9 Å². The first-order valence-corrected chi connectivity index (χ1v) is 13.6. The van der Waals surface area contributed by atoms with Gasteiger partial charge in [0.25, 0.3) is 0 Å². The highest BCUT2D eigenvalue weighted by Gasteiger charge is 2.60. The number of hydrogen-bond donors (Lipinski definition) is 1. The van der Waals surface area contributed by atoms with Gasteiger partial charge in [-0.3, -0.25) is 0 Å². The van der Waals surface area contributed by atoms with Gasteiger partial charge in [-0.15, -0.1) is 0 Å². The number of β-amino-alcohol motifs (C(OH)–C–C–N with tert-alkyl or cyclic N) is 1. The molecule has 0 spiro atoms. The number of benzene rings is 3. The fourth-order valence-electron chi connectivity index (χ4n) is 4.45. The van der Waals surface area contributed by atoms with E-state index < -0.39 is 13.7 Å². The molecule has 0 saturated carbocycles. The van der Waals surface area contributed by atoms with Crippen molar-refractivity contribution >= 4 is 24.9 Å². The molecule has 1 aliphatic rings. The smallest absolute Gasteiger partial charge is 0.410 e. The first-order chi connectivity index (χ1) is 13.8. The quantitative estimate of drug-likeness (QED) is 0.627. The summed E-state index contributed by atoms with van der Waals surface area (Å²) in [6.07, 6.45) is -0.355. The van der Waals surface area contributed by atoms with E-state index in [1.54, 1.807) is 4.90 Å². The van der Waals surface area contributed by atoms with E-state index in [2.05, 4.69) is 37.8 Å². The number of fused-ring (bicyclic) bond motifs is 1. The summed E-state index contributed by atoms with van der Waals surface area (Å²) in [6, 6.07) is 23.9. The molecule has 4 rings (SSSR count). The van der Waals surface area contributed by atoms with Crippen molar-refractivity contribution in [2.45, 2.75) is 37.5 Å². The number of carbonyl (C=O) groups excluding carboxylic acids is 1. The molecule has 1 heterocycles. The van der Waals surface area contributed by atoms with Gasteiger partial charge in [-0.1, -0.05) is 86.4 Å². The van der Waals surface area contributed by atoms with Crippen molar-refractivity contribution in [3.63, 3.8) is 0 Å². The lowest BCUT2D eigenvalue weighted by Crippen LogP contribution is -2.76. The predicted octanol–water partition coefficient (Wildman–Crippen LogP) is 4.93. The summed E-state index contributed by atoms with van der Waals surface area (Å²) in [6.45, 7) is 7.04. The van der Waals surface area contributed by atoms with Gasteiger partial charge in [0.15, 0.2) is 0 Å². The molecule has 1 aliphatic heterocycles. The molecule has 1 amide bonds. The second-order valence-corrected chi connectivity index (χ2v) is 14.2. The van der Waals surface area contributed by atoms with Crippen LogP contribution in [0, 0.1) is 0 Å². The lowest BCUT2D eigenvalue weighted by Gasteiger charge is -2.58. The molecule has 150 valence electrons. The highest BCUT2D eigenvalue weighted by molar-refractivity contribution is 6.78. The molecular formula is C24H27NO3Si. The van der Waals surface area contributed by atoms with E-state index in [0.717, 1.165) is 21.9 Å². The van der Waals surface area contributed by atoms with E-state index in [9.17, 15) is 9.90 Å². The second kappa shape index (κ2) is 7.32. The van der Waals surface area contributed by atoms with Crippen LogP contribution in [0.2, 0.25) is 19.6 Å². The molecule has 4 nitrogen and oxygen atoms in total. The first kappa shape index (κ1) is 19.7. The Morgan fingerprint density at radius 2 is 1.69 bits per heavy atom.